The van der Waals surface area contributed by atoms with Gasteiger partial charge in [-0.25, -0.2) is 19.1 Å². The summed E-state index contributed by atoms with van der Waals surface area (Å²) in [5.41, 5.74) is 9.20. The van der Waals surface area contributed by atoms with Crippen molar-refractivity contribution in [2.24, 2.45) is 0 Å². The summed E-state index contributed by atoms with van der Waals surface area (Å²) in [6.07, 6.45) is 0. The minimum Gasteiger partial charge on any atom is -0.489 e. The van der Waals surface area contributed by atoms with Crippen molar-refractivity contribution in [3.05, 3.63) is 125 Å². The van der Waals surface area contributed by atoms with Crippen LogP contribution in [0.4, 0.5) is 10.2 Å². The van der Waals surface area contributed by atoms with E-state index < -0.39 is 26.8 Å². The highest BCUT2D eigenvalue weighted by molar-refractivity contribution is 7.90. The average Bonchev–Trinajstić information content (AvgIpc) is 2.98. The number of hydrogen-bond acceptors (Lipinski definition) is 8. The lowest BCUT2D eigenvalue weighted by molar-refractivity contribution is 0.0978. The second-order valence-corrected chi connectivity index (χ2v) is 11.8. The maximum absolute atomic E-state index is 15.4. The lowest BCUT2D eigenvalue weighted by Crippen LogP contribution is -2.31. The van der Waals surface area contributed by atoms with Gasteiger partial charge in [-0.3, -0.25) is 4.79 Å². The molecule has 44 heavy (non-hydrogen) atoms. The number of nitrogens with one attached hydrogen (secondary N) is 1. The second-order valence-electron chi connectivity index (χ2n) is 10.1. The Morgan fingerprint density at radius 1 is 0.886 bits per heavy atom. The molecule has 0 saturated heterocycles. The van der Waals surface area contributed by atoms with Gasteiger partial charge in [0.15, 0.2) is 5.03 Å². The number of anilines is 1. The first-order chi connectivity index (χ1) is 21.0. The molecule has 9 nitrogen and oxygen atoms in total. The van der Waals surface area contributed by atoms with E-state index in [1.54, 1.807) is 6.07 Å². The molecule has 5 rings (SSSR count). The van der Waals surface area contributed by atoms with Gasteiger partial charge in [-0.1, -0.05) is 54.1 Å². The van der Waals surface area contributed by atoms with Gasteiger partial charge in [-0.2, -0.15) is 8.42 Å². The van der Waals surface area contributed by atoms with Crippen LogP contribution in [-0.4, -0.2) is 24.3 Å². The van der Waals surface area contributed by atoms with Crippen molar-refractivity contribution in [2.75, 3.05) is 5.73 Å². The molecule has 2 heterocycles. The van der Waals surface area contributed by atoms with Gasteiger partial charge in [0.1, 0.15) is 35.3 Å². The van der Waals surface area contributed by atoms with Gasteiger partial charge in [0.25, 0.3) is 15.9 Å². The molecule has 5 aromatic rings. The first kappa shape index (κ1) is 30.2. The Balaban J connectivity index is 1.49. The molecule has 0 saturated carbocycles. The van der Waals surface area contributed by atoms with Gasteiger partial charge < -0.3 is 15.2 Å². The van der Waals surface area contributed by atoms with Crippen molar-refractivity contribution in [2.45, 2.75) is 32.4 Å². The number of ether oxygens (including phenoxy) is 2. The molecule has 0 atom stereocenters. The third-order valence-electron chi connectivity index (χ3n) is 6.62. The van der Waals surface area contributed by atoms with Crippen molar-refractivity contribution in [3.8, 4) is 28.6 Å². The van der Waals surface area contributed by atoms with E-state index in [0.29, 0.717) is 11.5 Å². The van der Waals surface area contributed by atoms with E-state index in [1.165, 1.54) is 42.5 Å². The molecule has 3 aromatic carbocycles. The van der Waals surface area contributed by atoms with Crippen LogP contribution in [0, 0.1) is 26.6 Å². The molecule has 0 aliphatic rings. The number of nitrogens with two attached hydrogens (primary N) is 1. The summed E-state index contributed by atoms with van der Waals surface area (Å²) in [4.78, 5) is 21.6. The average molecular weight is 613 g/mol. The van der Waals surface area contributed by atoms with Crippen LogP contribution in [0.5, 0.6) is 17.4 Å². The normalized spacial score (nSPS) is 11.2. The van der Waals surface area contributed by atoms with Crippen molar-refractivity contribution in [1.82, 2.24) is 14.7 Å². The van der Waals surface area contributed by atoms with Gasteiger partial charge in [0.2, 0.25) is 5.88 Å². The van der Waals surface area contributed by atoms with Gasteiger partial charge in [-0.05, 0) is 73.9 Å². The summed E-state index contributed by atoms with van der Waals surface area (Å²) < 4.78 is 55.1. The molecule has 11 heteroatoms. The Hall–Kier alpha value is -5.29. The fourth-order valence-corrected chi connectivity index (χ4v) is 5.55. The molecule has 2 aromatic heterocycles. The predicted molar refractivity (Wildman–Crippen MR) is 164 cm³/mol. The number of nitrogens with zero attached hydrogens (tertiary/aromatic N) is 2. The first-order valence-corrected chi connectivity index (χ1v) is 15.0. The SMILES string of the molecule is Cc1cc(C)c(Oc2nc(-c3ccc(OCc4ccccc4)cc3F)ccc2C(=O)NS(=O)(=O)c2cccc(N)n2)c(C)c1. The predicted octanol–water partition coefficient (Wildman–Crippen LogP) is 6.28. The smallest absolute Gasteiger partial charge is 0.281 e. The molecule has 0 spiro atoms. The summed E-state index contributed by atoms with van der Waals surface area (Å²) in [6.45, 7) is 5.88. The van der Waals surface area contributed by atoms with E-state index in [2.05, 4.69) is 9.97 Å². The minimum absolute atomic E-state index is 0.0285. The Labute approximate surface area is 254 Å². The molecule has 0 aliphatic heterocycles. The zero-order valence-electron chi connectivity index (χ0n) is 24.2. The Kier molecular flexibility index (Phi) is 8.59. The lowest BCUT2D eigenvalue weighted by Gasteiger charge is -2.16. The van der Waals surface area contributed by atoms with Crippen LogP contribution in [0.3, 0.4) is 0 Å². The molecule has 0 bridgehead atoms. The summed E-state index contributed by atoms with van der Waals surface area (Å²) in [7, 11) is -4.39. The van der Waals surface area contributed by atoms with Crippen LogP contribution in [-0.2, 0) is 16.6 Å². The van der Waals surface area contributed by atoms with Gasteiger partial charge in [-0.15, -0.1) is 0 Å². The van der Waals surface area contributed by atoms with Crippen LogP contribution >= 0.6 is 0 Å². The van der Waals surface area contributed by atoms with Crippen LogP contribution in [0.1, 0.15) is 32.6 Å². The number of carbonyl (C=O) groups is 1. The maximum atomic E-state index is 15.4. The van der Waals surface area contributed by atoms with E-state index in [9.17, 15) is 13.2 Å². The monoisotopic (exact) mass is 612 g/mol. The van der Waals surface area contributed by atoms with Gasteiger partial charge in [0.05, 0.1) is 5.69 Å². The van der Waals surface area contributed by atoms with Crippen LogP contribution in [0.15, 0.2) is 96.0 Å². The number of rotatable bonds is 9. The van der Waals surface area contributed by atoms with Gasteiger partial charge >= 0.3 is 0 Å². The van der Waals surface area contributed by atoms with Crippen LogP contribution < -0.4 is 19.9 Å². The highest BCUT2D eigenvalue weighted by atomic mass is 32.2. The molecule has 1 amide bonds. The largest absolute Gasteiger partial charge is 0.489 e. The Morgan fingerprint density at radius 3 is 2.30 bits per heavy atom. The van der Waals surface area contributed by atoms with Gasteiger partial charge in [0, 0.05) is 11.6 Å². The first-order valence-electron chi connectivity index (χ1n) is 13.5. The number of benzene rings is 3. The molecule has 0 aliphatic carbocycles. The standard InChI is InChI=1S/C33H29FN4O5S/c1-20-16-21(2)31(22(3)17-20)43-33-26(32(39)38-44(40,41)30-11-7-10-29(35)37-30)14-15-28(36-33)25-13-12-24(18-27(25)34)42-19-23-8-5-4-6-9-23/h4-18H,19H2,1-3H3,(H2,35,37)(H,38,39). The molecule has 3 N–H and O–H groups in total. The summed E-state index contributed by atoms with van der Waals surface area (Å²) in [5, 5.41) is -0.431. The molecule has 0 radical (unpaired) electrons. The highest BCUT2D eigenvalue weighted by Crippen LogP contribution is 2.34. The van der Waals surface area contributed by atoms with Crippen molar-refractivity contribution >= 4 is 21.7 Å². The quantitative estimate of drug-likeness (QED) is 0.199. The van der Waals surface area contributed by atoms with E-state index in [-0.39, 0.29) is 35.1 Å². The summed E-state index contributed by atoms with van der Waals surface area (Å²) in [5.74, 6) is -1.11. The van der Waals surface area contributed by atoms with E-state index in [4.69, 9.17) is 15.2 Å². The zero-order chi connectivity index (χ0) is 31.4. The summed E-state index contributed by atoms with van der Waals surface area (Å²) >= 11 is 0. The lowest BCUT2D eigenvalue weighted by atomic mass is 10.1. The zero-order valence-corrected chi connectivity index (χ0v) is 25.0. The van der Waals surface area contributed by atoms with Crippen LogP contribution in [0.25, 0.3) is 11.3 Å². The third-order valence-corrected chi connectivity index (χ3v) is 7.85. The fraction of sp³-hybridized carbons (Fsp3) is 0.121. The molecule has 0 fully saturated rings. The molecular formula is C33H29FN4O5S. The van der Waals surface area contributed by atoms with Crippen molar-refractivity contribution < 1.29 is 27.1 Å². The number of aryl methyl sites for hydroxylation is 3. The number of amides is 1. The highest BCUT2D eigenvalue weighted by Gasteiger charge is 2.25. The fourth-order valence-electron chi connectivity index (χ4n) is 4.61. The van der Waals surface area contributed by atoms with Crippen LogP contribution in [0.2, 0.25) is 0 Å². The minimum atomic E-state index is -4.39. The number of halogens is 1. The topological polar surface area (TPSA) is 134 Å². The number of pyridine rings is 2. The Morgan fingerprint density at radius 2 is 1.61 bits per heavy atom. The number of carbonyl (C=O) groups excluding carboxylic acids is 1. The molecule has 0 unspecified atom stereocenters. The van der Waals surface area contributed by atoms with Crippen molar-refractivity contribution in [1.29, 1.82) is 0 Å². The molecular weight excluding hydrogens is 583 g/mol. The van der Waals surface area contributed by atoms with E-state index in [1.807, 2.05) is 68.0 Å². The summed E-state index contributed by atoms with van der Waals surface area (Å²) in [6, 6.07) is 24.4. The van der Waals surface area contributed by atoms with E-state index >= 15 is 4.39 Å². The Bertz CT molecular complexity index is 1940. The number of nitrogen functional groups attached to an aromatic ring is 1. The number of hydrogen-bond donors (Lipinski definition) is 2. The second kappa shape index (κ2) is 12.5. The maximum Gasteiger partial charge on any atom is 0.281 e. The molecule has 224 valence electrons. The third kappa shape index (κ3) is 6.84. The van der Waals surface area contributed by atoms with E-state index in [0.717, 1.165) is 22.3 Å². The number of aromatic nitrogens is 2. The van der Waals surface area contributed by atoms with Crippen molar-refractivity contribution in [3.63, 3.8) is 0 Å². The number of sulfonamides is 1.